The lowest BCUT2D eigenvalue weighted by Crippen LogP contribution is -2.55. The van der Waals surface area contributed by atoms with Gasteiger partial charge in [0.05, 0.1) is 6.10 Å². The van der Waals surface area contributed by atoms with Gasteiger partial charge >= 0.3 is 0 Å². The minimum atomic E-state index is -0.127. The van der Waals surface area contributed by atoms with Crippen LogP contribution in [0.1, 0.15) is 113 Å². The Kier molecular flexibility index (Phi) is 6.30. The third-order valence-electron chi connectivity index (χ3n) is 11.5. The highest BCUT2D eigenvalue weighted by atomic mass is 32.2. The first kappa shape index (κ1) is 24.2. The Balaban J connectivity index is 1.63. The van der Waals surface area contributed by atoms with E-state index in [-0.39, 0.29) is 11.5 Å². The van der Waals surface area contributed by atoms with Gasteiger partial charge in [-0.25, -0.2) is 0 Å². The molecule has 0 aromatic carbocycles. The molecule has 7 atom stereocenters. The third-order valence-corrected chi connectivity index (χ3v) is 12.6. The van der Waals surface area contributed by atoms with Gasteiger partial charge in [-0.3, -0.25) is 0 Å². The summed E-state index contributed by atoms with van der Waals surface area (Å²) >= 11 is 2.15. The predicted molar refractivity (Wildman–Crippen MR) is 136 cm³/mol. The molecule has 2 unspecified atom stereocenters. The number of hydrogen-bond acceptors (Lipinski definition) is 2. The van der Waals surface area contributed by atoms with Gasteiger partial charge in [0, 0.05) is 0 Å². The van der Waals surface area contributed by atoms with Crippen LogP contribution in [-0.4, -0.2) is 22.2 Å². The molecule has 2 heteroatoms. The molecule has 1 nitrogen and oxygen atoms in total. The van der Waals surface area contributed by atoms with E-state index in [9.17, 15) is 5.11 Å². The second-order valence-electron chi connectivity index (χ2n) is 13.4. The summed E-state index contributed by atoms with van der Waals surface area (Å²) in [5, 5.41) is 11.6. The standard InChI is InChI=1S/C29H50OS/c1-19(2)31-18-14-20(3)21-11-16-29(8)23-9-10-24-26(4,5)25(30)13-15-27(24,6)22(23)12-17-28(21,29)7/h19-21,24-25,30H,9-18H2,1-8H3/t20-,21?,24?,25+,27-,28-,29+/m1/s1. The van der Waals surface area contributed by atoms with Crippen molar-refractivity contribution >= 4 is 11.8 Å². The van der Waals surface area contributed by atoms with Crippen molar-refractivity contribution in [3.63, 3.8) is 0 Å². The SMILES string of the molecule is CC(C)SCC[C@@H](C)C1CC[C@@]2(C)C3=C(CC[C@]12C)[C@@]1(C)CC[C@H](O)C(C)(C)C1CC3. The van der Waals surface area contributed by atoms with Crippen molar-refractivity contribution in [2.24, 2.45) is 39.4 Å². The Bertz CT molecular complexity index is 722. The summed E-state index contributed by atoms with van der Waals surface area (Å²) in [5.41, 5.74) is 4.98. The molecule has 0 radical (unpaired) electrons. The zero-order valence-electron chi connectivity index (χ0n) is 21.8. The van der Waals surface area contributed by atoms with Crippen LogP contribution in [0.4, 0.5) is 0 Å². The normalized spacial score (nSPS) is 45.3. The van der Waals surface area contributed by atoms with Crippen LogP contribution in [0.2, 0.25) is 0 Å². The van der Waals surface area contributed by atoms with Gasteiger partial charge in [-0.2, -0.15) is 11.8 Å². The Morgan fingerprint density at radius 1 is 0.903 bits per heavy atom. The largest absolute Gasteiger partial charge is 0.393 e. The second-order valence-corrected chi connectivity index (χ2v) is 15.1. The first-order valence-electron chi connectivity index (χ1n) is 13.4. The first-order valence-corrected chi connectivity index (χ1v) is 14.5. The van der Waals surface area contributed by atoms with Gasteiger partial charge in [-0.1, -0.05) is 66.5 Å². The van der Waals surface area contributed by atoms with E-state index in [1.54, 1.807) is 0 Å². The summed E-state index contributed by atoms with van der Waals surface area (Å²) in [6, 6.07) is 0. The first-order chi connectivity index (χ1) is 14.4. The summed E-state index contributed by atoms with van der Waals surface area (Å²) in [6.07, 6.45) is 11.6. The van der Waals surface area contributed by atoms with Crippen LogP contribution in [0.5, 0.6) is 0 Å². The van der Waals surface area contributed by atoms with Crippen LogP contribution >= 0.6 is 11.8 Å². The summed E-state index contributed by atoms with van der Waals surface area (Å²) in [4.78, 5) is 0. The van der Waals surface area contributed by atoms with E-state index in [0.29, 0.717) is 22.2 Å². The van der Waals surface area contributed by atoms with E-state index < -0.39 is 0 Å². The number of rotatable bonds is 5. The summed E-state index contributed by atoms with van der Waals surface area (Å²) in [6.45, 7) is 19.9. The molecule has 4 aliphatic rings. The van der Waals surface area contributed by atoms with E-state index in [4.69, 9.17) is 0 Å². The highest BCUT2D eigenvalue weighted by molar-refractivity contribution is 7.99. The van der Waals surface area contributed by atoms with Gasteiger partial charge in [0.15, 0.2) is 0 Å². The van der Waals surface area contributed by atoms with Crippen molar-refractivity contribution in [3.05, 3.63) is 11.1 Å². The molecule has 0 heterocycles. The Morgan fingerprint density at radius 3 is 2.29 bits per heavy atom. The number of fused-ring (bicyclic) bond motifs is 4. The van der Waals surface area contributed by atoms with Crippen LogP contribution in [0.3, 0.4) is 0 Å². The summed E-state index contributed by atoms with van der Waals surface area (Å²) < 4.78 is 0. The lowest BCUT2D eigenvalue weighted by Gasteiger charge is -2.62. The Morgan fingerprint density at radius 2 is 1.61 bits per heavy atom. The fourth-order valence-corrected chi connectivity index (χ4v) is 10.3. The van der Waals surface area contributed by atoms with Gasteiger partial charge in [0.25, 0.3) is 0 Å². The summed E-state index contributed by atoms with van der Waals surface area (Å²) in [5.74, 6) is 3.69. The molecule has 0 aliphatic heterocycles. The molecule has 0 spiro atoms. The smallest absolute Gasteiger partial charge is 0.0594 e. The number of thioether (sulfide) groups is 1. The van der Waals surface area contributed by atoms with Gasteiger partial charge in [0.2, 0.25) is 0 Å². The topological polar surface area (TPSA) is 20.2 Å². The molecule has 31 heavy (non-hydrogen) atoms. The molecular formula is C29H50OS. The maximum absolute atomic E-state index is 10.8. The Labute approximate surface area is 197 Å². The van der Waals surface area contributed by atoms with E-state index >= 15 is 0 Å². The lowest BCUT2D eigenvalue weighted by atomic mass is 9.43. The fourth-order valence-electron chi connectivity index (χ4n) is 9.32. The van der Waals surface area contributed by atoms with E-state index in [1.807, 2.05) is 11.1 Å². The lowest BCUT2D eigenvalue weighted by molar-refractivity contribution is -0.0962. The average molecular weight is 447 g/mol. The van der Waals surface area contributed by atoms with Crippen molar-refractivity contribution in [1.29, 1.82) is 0 Å². The minimum Gasteiger partial charge on any atom is -0.393 e. The average Bonchev–Trinajstić information content (AvgIpc) is 2.96. The molecule has 0 bridgehead atoms. The minimum absolute atomic E-state index is 0.0496. The highest BCUT2D eigenvalue weighted by Gasteiger charge is 2.63. The number of hydrogen-bond donors (Lipinski definition) is 1. The van der Waals surface area contributed by atoms with Crippen molar-refractivity contribution in [3.8, 4) is 0 Å². The molecule has 0 saturated heterocycles. The molecule has 178 valence electrons. The maximum atomic E-state index is 10.8. The van der Waals surface area contributed by atoms with Crippen molar-refractivity contribution in [2.75, 3.05) is 5.75 Å². The van der Waals surface area contributed by atoms with Gasteiger partial charge in [0.1, 0.15) is 0 Å². The predicted octanol–water partition coefficient (Wildman–Crippen LogP) is 8.26. The highest BCUT2D eigenvalue weighted by Crippen LogP contribution is 2.72. The van der Waals surface area contributed by atoms with Crippen LogP contribution < -0.4 is 0 Å². The molecule has 0 aromatic heterocycles. The maximum Gasteiger partial charge on any atom is 0.0594 e. The molecule has 2 fully saturated rings. The van der Waals surface area contributed by atoms with E-state index in [2.05, 4.69) is 67.2 Å². The molecular weight excluding hydrogens is 396 g/mol. The third kappa shape index (κ3) is 3.51. The van der Waals surface area contributed by atoms with Gasteiger partial charge < -0.3 is 5.11 Å². The summed E-state index contributed by atoms with van der Waals surface area (Å²) in [7, 11) is 0. The van der Waals surface area contributed by atoms with E-state index in [1.165, 1.54) is 57.1 Å². The number of allylic oxidation sites excluding steroid dienone is 2. The molecule has 1 N–H and O–H groups in total. The molecule has 0 aromatic rings. The van der Waals surface area contributed by atoms with E-state index in [0.717, 1.165) is 23.5 Å². The molecule has 2 saturated carbocycles. The van der Waals surface area contributed by atoms with Crippen LogP contribution in [-0.2, 0) is 0 Å². The Hall–Kier alpha value is 0.0500. The van der Waals surface area contributed by atoms with Crippen LogP contribution in [0.25, 0.3) is 0 Å². The van der Waals surface area contributed by atoms with Crippen molar-refractivity contribution in [1.82, 2.24) is 0 Å². The zero-order valence-corrected chi connectivity index (χ0v) is 22.6. The second kappa shape index (κ2) is 8.07. The zero-order chi connectivity index (χ0) is 22.8. The van der Waals surface area contributed by atoms with Crippen LogP contribution in [0.15, 0.2) is 11.1 Å². The number of aliphatic hydroxyl groups excluding tert-OH is 1. The molecule has 4 rings (SSSR count). The fraction of sp³-hybridized carbons (Fsp3) is 0.931. The molecule has 0 amide bonds. The van der Waals surface area contributed by atoms with Crippen molar-refractivity contribution in [2.45, 2.75) is 125 Å². The van der Waals surface area contributed by atoms with Crippen LogP contribution in [0, 0.1) is 39.4 Å². The monoisotopic (exact) mass is 446 g/mol. The molecule has 4 aliphatic carbocycles. The van der Waals surface area contributed by atoms with Gasteiger partial charge in [-0.15, -0.1) is 0 Å². The van der Waals surface area contributed by atoms with Crippen molar-refractivity contribution < 1.29 is 5.11 Å². The quantitative estimate of drug-likeness (QED) is 0.429. The van der Waals surface area contributed by atoms with Gasteiger partial charge in [-0.05, 0) is 108 Å². The number of aliphatic hydroxyl groups is 1.